The van der Waals surface area contributed by atoms with Gasteiger partial charge in [-0.1, -0.05) is 18.2 Å². The van der Waals surface area contributed by atoms with E-state index in [0.29, 0.717) is 0 Å². The lowest BCUT2D eigenvalue weighted by Crippen LogP contribution is -1.86. The molecule has 2 heterocycles. The molecule has 3 aromatic rings. The number of nitrogen functional groups attached to an aromatic ring is 1. The molecule has 0 amide bonds. The number of benzene rings is 1. The first-order chi connectivity index (χ1) is 8.24. The normalized spacial score (nSPS) is 10.9. The largest absolute Gasteiger partial charge is 0.399 e. The molecule has 17 heavy (non-hydrogen) atoms. The van der Waals surface area contributed by atoms with Crippen LogP contribution in [-0.2, 0) is 0 Å². The van der Waals surface area contributed by atoms with Crippen molar-refractivity contribution in [2.24, 2.45) is 0 Å². The van der Waals surface area contributed by atoms with Crippen LogP contribution in [0.3, 0.4) is 0 Å². The molecule has 0 aliphatic heterocycles. The maximum atomic E-state index is 5.79. The van der Waals surface area contributed by atoms with E-state index in [1.54, 1.807) is 0 Å². The monoisotopic (exact) mass is 223 g/mol. The van der Waals surface area contributed by atoms with Gasteiger partial charge in [-0.25, -0.2) is 4.98 Å². The summed E-state index contributed by atoms with van der Waals surface area (Å²) in [5.74, 6) is 0. The number of hydrogen-bond donors (Lipinski definition) is 1. The average molecular weight is 223 g/mol. The van der Waals surface area contributed by atoms with Crippen molar-refractivity contribution in [3.05, 3.63) is 54.4 Å². The summed E-state index contributed by atoms with van der Waals surface area (Å²) < 4.78 is 2.08. The lowest BCUT2D eigenvalue weighted by atomic mass is 10.1. The van der Waals surface area contributed by atoms with Gasteiger partial charge in [0.1, 0.15) is 5.65 Å². The molecule has 3 heteroatoms. The minimum Gasteiger partial charge on any atom is -0.399 e. The molecule has 0 fully saturated rings. The number of nitrogens with two attached hydrogens (primary N) is 1. The molecule has 3 nitrogen and oxygen atoms in total. The number of rotatable bonds is 1. The van der Waals surface area contributed by atoms with Crippen molar-refractivity contribution in [3.63, 3.8) is 0 Å². The van der Waals surface area contributed by atoms with Gasteiger partial charge in [-0.15, -0.1) is 0 Å². The molecule has 0 unspecified atom stereocenters. The van der Waals surface area contributed by atoms with Gasteiger partial charge in [0.15, 0.2) is 0 Å². The van der Waals surface area contributed by atoms with E-state index in [2.05, 4.69) is 22.4 Å². The van der Waals surface area contributed by atoms with Crippen LogP contribution < -0.4 is 5.73 Å². The average Bonchev–Trinajstić information content (AvgIpc) is 2.74. The van der Waals surface area contributed by atoms with E-state index < -0.39 is 0 Å². The Morgan fingerprint density at radius 3 is 2.71 bits per heavy atom. The number of aromatic nitrogens is 2. The summed E-state index contributed by atoms with van der Waals surface area (Å²) in [7, 11) is 0. The fourth-order valence-corrected chi connectivity index (χ4v) is 1.99. The predicted molar refractivity (Wildman–Crippen MR) is 69.8 cm³/mol. The highest BCUT2D eigenvalue weighted by molar-refractivity contribution is 5.66. The zero-order valence-corrected chi connectivity index (χ0v) is 9.59. The minimum absolute atomic E-state index is 0.760. The molecule has 1 aromatic carbocycles. The fraction of sp³-hybridized carbons (Fsp3) is 0.0714. The quantitative estimate of drug-likeness (QED) is 0.644. The van der Waals surface area contributed by atoms with Crippen molar-refractivity contribution < 1.29 is 0 Å². The molecule has 84 valence electrons. The third-order valence-electron chi connectivity index (χ3n) is 2.88. The van der Waals surface area contributed by atoms with E-state index in [1.807, 2.05) is 42.6 Å². The number of hydrogen-bond acceptors (Lipinski definition) is 2. The Bertz CT molecular complexity index is 683. The second kappa shape index (κ2) is 3.63. The highest BCUT2D eigenvalue weighted by Crippen LogP contribution is 2.21. The second-order valence-corrected chi connectivity index (χ2v) is 4.15. The van der Waals surface area contributed by atoms with E-state index in [0.717, 1.165) is 22.6 Å². The van der Waals surface area contributed by atoms with E-state index in [4.69, 9.17) is 5.73 Å². The van der Waals surface area contributed by atoms with Gasteiger partial charge in [-0.3, -0.25) is 0 Å². The van der Waals surface area contributed by atoms with Crippen LogP contribution in [0.25, 0.3) is 16.9 Å². The molecule has 0 spiro atoms. The topological polar surface area (TPSA) is 43.3 Å². The Labute approximate surface area is 99.5 Å². The molecule has 0 saturated heterocycles. The minimum atomic E-state index is 0.760. The first-order valence-corrected chi connectivity index (χ1v) is 5.55. The van der Waals surface area contributed by atoms with Gasteiger partial charge in [0.05, 0.1) is 5.69 Å². The number of fused-ring (bicyclic) bond motifs is 1. The Balaban J connectivity index is 2.22. The van der Waals surface area contributed by atoms with Gasteiger partial charge in [-0.05, 0) is 31.2 Å². The van der Waals surface area contributed by atoms with E-state index in [-0.39, 0.29) is 0 Å². The van der Waals surface area contributed by atoms with Gasteiger partial charge in [0.2, 0.25) is 0 Å². The molecular formula is C14H13N3. The summed E-state index contributed by atoms with van der Waals surface area (Å²) in [5.41, 5.74) is 10.7. The van der Waals surface area contributed by atoms with Crippen molar-refractivity contribution in [2.75, 3.05) is 5.73 Å². The summed E-state index contributed by atoms with van der Waals surface area (Å²) in [6, 6.07) is 13.9. The summed E-state index contributed by atoms with van der Waals surface area (Å²) in [6.45, 7) is 2.07. The lowest BCUT2D eigenvalue weighted by molar-refractivity contribution is 1.09. The first-order valence-electron chi connectivity index (χ1n) is 5.55. The molecule has 0 atom stereocenters. The summed E-state index contributed by atoms with van der Waals surface area (Å²) >= 11 is 0. The maximum absolute atomic E-state index is 5.79. The van der Waals surface area contributed by atoms with Crippen LogP contribution in [0.2, 0.25) is 0 Å². The molecule has 2 N–H and O–H groups in total. The van der Waals surface area contributed by atoms with Crippen molar-refractivity contribution in [2.45, 2.75) is 6.92 Å². The van der Waals surface area contributed by atoms with Gasteiger partial charge >= 0.3 is 0 Å². The Hall–Kier alpha value is -2.29. The zero-order valence-electron chi connectivity index (χ0n) is 9.59. The molecule has 0 aliphatic rings. The second-order valence-electron chi connectivity index (χ2n) is 4.15. The van der Waals surface area contributed by atoms with Crippen molar-refractivity contribution >= 4 is 11.3 Å². The van der Waals surface area contributed by atoms with Gasteiger partial charge in [0, 0.05) is 23.1 Å². The third-order valence-corrected chi connectivity index (χ3v) is 2.88. The highest BCUT2D eigenvalue weighted by Gasteiger charge is 2.05. The molecule has 2 aromatic heterocycles. The Kier molecular flexibility index (Phi) is 2.11. The number of nitrogens with zero attached hydrogens (tertiary/aromatic N) is 2. The summed E-state index contributed by atoms with van der Waals surface area (Å²) in [6.07, 6.45) is 2.04. The van der Waals surface area contributed by atoms with Gasteiger partial charge in [-0.2, -0.15) is 0 Å². The molecular weight excluding hydrogens is 210 g/mol. The van der Waals surface area contributed by atoms with Crippen molar-refractivity contribution in [1.82, 2.24) is 9.38 Å². The number of imidazole rings is 1. The molecule has 3 rings (SSSR count). The van der Waals surface area contributed by atoms with Gasteiger partial charge in [0.25, 0.3) is 0 Å². The summed E-state index contributed by atoms with van der Waals surface area (Å²) in [5, 5.41) is 0. The zero-order chi connectivity index (χ0) is 11.8. The summed E-state index contributed by atoms with van der Waals surface area (Å²) in [4.78, 5) is 4.59. The van der Waals surface area contributed by atoms with Crippen LogP contribution in [0.1, 0.15) is 5.69 Å². The van der Waals surface area contributed by atoms with Crippen LogP contribution in [0, 0.1) is 6.92 Å². The van der Waals surface area contributed by atoms with E-state index in [9.17, 15) is 0 Å². The molecule has 0 aliphatic carbocycles. The van der Waals surface area contributed by atoms with Crippen LogP contribution in [0.15, 0.2) is 48.7 Å². The smallest absolute Gasteiger partial charge is 0.137 e. The standard InChI is InChI=1S/C14H13N3/c1-10-4-2-7-14-16-13(9-17(10)14)11-5-3-6-12(15)8-11/h2-9H,15H2,1H3. The molecule has 0 radical (unpaired) electrons. The van der Waals surface area contributed by atoms with Crippen LogP contribution in [-0.4, -0.2) is 9.38 Å². The maximum Gasteiger partial charge on any atom is 0.137 e. The Morgan fingerprint density at radius 2 is 1.94 bits per heavy atom. The predicted octanol–water partition coefficient (Wildman–Crippen LogP) is 2.89. The number of aryl methyl sites for hydroxylation is 1. The van der Waals surface area contributed by atoms with Crippen molar-refractivity contribution in [1.29, 1.82) is 0 Å². The molecule has 0 bridgehead atoms. The van der Waals surface area contributed by atoms with E-state index in [1.165, 1.54) is 5.69 Å². The van der Waals surface area contributed by atoms with E-state index >= 15 is 0 Å². The van der Waals surface area contributed by atoms with Gasteiger partial charge < -0.3 is 10.1 Å². The van der Waals surface area contributed by atoms with Crippen LogP contribution in [0.4, 0.5) is 5.69 Å². The van der Waals surface area contributed by atoms with Crippen LogP contribution in [0.5, 0.6) is 0 Å². The highest BCUT2D eigenvalue weighted by atomic mass is 15.0. The fourth-order valence-electron chi connectivity index (χ4n) is 1.99. The first kappa shape index (κ1) is 9.90. The number of anilines is 1. The SMILES string of the molecule is Cc1cccc2nc(-c3cccc(N)c3)cn12. The third kappa shape index (κ3) is 1.65. The van der Waals surface area contributed by atoms with Crippen molar-refractivity contribution in [3.8, 4) is 11.3 Å². The lowest BCUT2D eigenvalue weighted by Gasteiger charge is -1.97. The number of pyridine rings is 1. The Morgan fingerprint density at radius 1 is 1.12 bits per heavy atom. The molecule has 0 saturated carbocycles. The van der Waals surface area contributed by atoms with Crippen LogP contribution >= 0.6 is 0 Å².